The van der Waals surface area contributed by atoms with Gasteiger partial charge >= 0.3 is 0 Å². The molecule has 3 nitrogen and oxygen atoms in total. The van der Waals surface area contributed by atoms with E-state index >= 15 is 0 Å². The van der Waals surface area contributed by atoms with Crippen LogP contribution in [0.4, 0.5) is 0 Å². The Kier molecular flexibility index (Phi) is 1.82. The minimum atomic E-state index is 0.206. The van der Waals surface area contributed by atoms with E-state index in [4.69, 9.17) is 0 Å². The predicted octanol–water partition coefficient (Wildman–Crippen LogP) is -0.0293. The van der Waals surface area contributed by atoms with Gasteiger partial charge in [0.1, 0.15) is 0 Å². The lowest BCUT2D eigenvalue weighted by molar-refractivity contribution is -0.130. The van der Waals surface area contributed by atoms with Crippen LogP contribution in [0, 0.1) is 0 Å². The zero-order valence-electron chi connectivity index (χ0n) is 6.68. The van der Waals surface area contributed by atoms with Gasteiger partial charge in [-0.2, -0.15) is 0 Å². The van der Waals surface area contributed by atoms with E-state index in [1.165, 1.54) is 12.8 Å². The minimum Gasteiger partial charge on any atom is -0.353 e. The number of nitrogens with zero attached hydrogens (tertiary/aromatic N) is 1. The zero-order chi connectivity index (χ0) is 7.68. The number of piperidine rings is 1. The highest BCUT2D eigenvalue weighted by atomic mass is 16.2. The fraction of sp³-hybridized carbons (Fsp3) is 0.875. The molecule has 1 unspecified atom stereocenters. The summed E-state index contributed by atoms with van der Waals surface area (Å²) in [7, 11) is 0. The molecule has 0 aromatic heterocycles. The van der Waals surface area contributed by atoms with Gasteiger partial charge in [-0.1, -0.05) is 6.42 Å². The van der Waals surface area contributed by atoms with Crippen LogP contribution in [-0.2, 0) is 4.79 Å². The summed E-state index contributed by atoms with van der Waals surface area (Å²) in [6.45, 7) is 3.02. The Hall–Kier alpha value is -0.570. The monoisotopic (exact) mass is 154 g/mol. The smallest absolute Gasteiger partial charge is 0.237 e. The van der Waals surface area contributed by atoms with Crippen LogP contribution in [0.25, 0.3) is 0 Å². The number of hydrogen-bond acceptors (Lipinski definition) is 2. The third-order valence-electron chi connectivity index (χ3n) is 2.61. The first kappa shape index (κ1) is 7.10. The van der Waals surface area contributed by atoms with E-state index in [0.717, 1.165) is 26.1 Å². The zero-order valence-corrected chi connectivity index (χ0v) is 6.68. The number of rotatable bonds is 0. The summed E-state index contributed by atoms with van der Waals surface area (Å²) in [5.74, 6) is 0.246. The lowest BCUT2D eigenvalue weighted by Gasteiger charge is -2.38. The maximum Gasteiger partial charge on any atom is 0.237 e. The SMILES string of the molecule is O=C1NCCN2CCCCC12. The number of hydrogen-bond donors (Lipinski definition) is 1. The van der Waals surface area contributed by atoms with Crippen LogP contribution in [0.1, 0.15) is 19.3 Å². The highest BCUT2D eigenvalue weighted by Crippen LogP contribution is 2.18. The molecular formula is C8H14N2O. The Morgan fingerprint density at radius 2 is 2.27 bits per heavy atom. The number of carbonyl (C=O) groups excluding carboxylic acids is 1. The molecule has 1 amide bonds. The van der Waals surface area contributed by atoms with E-state index in [2.05, 4.69) is 10.2 Å². The van der Waals surface area contributed by atoms with Crippen LogP contribution < -0.4 is 5.32 Å². The Labute approximate surface area is 66.8 Å². The van der Waals surface area contributed by atoms with Crippen molar-refractivity contribution in [3.05, 3.63) is 0 Å². The molecule has 0 aromatic carbocycles. The van der Waals surface area contributed by atoms with Crippen molar-refractivity contribution in [1.29, 1.82) is 0 Å². The lowest BCUT2D eigenvalue weighted by atomic mass is 10.00. The largest absolute Gasteiger partial charge is 0.353 e. The quantitative estimate of drug-likeness (QED) is 0.531. The van der Waals surface area contributed by atoms with Crippen molar-refractivity contribution in [3.63, 3.8) is 0 Å². The number of carbonyl (C=O) groups is 1. The molecule has 11 heavy (non-hydrogen) atoms. The maximum absolute atomic E-state index is 11.3. The van der Waals surface area contributed by atoms with Gasteiger partial charge in [0.05, 0.1) is 6.04 Å². The fourth-order valence-electron chi connectivity index (χ4n) is 2.00. The highest BCUT2D eigenvalue weighted by molar-refractivity contribution is 5.82. The molecule has 0 saturated carbocycles. The van der Waals surface area contributed by atoms with E-state index in [9.17, 15) is 4.79 Å². The summed E-state index contributed by atoms with van der Waals surface area (Å²) in [5, 5.41) is 2.90. The lowest BCUT2D eigenvalue weighted by Crippen LogP contribution is -2.56. The van der Waals surface area contributed by atoms with Crippen molar-refractivity contribution in [2.45, 2.75) is 25.3 Å². The van der Waals surface area contributed by atoms with Gasteiger partial charge in [0.2, 0.25) is 5.91 Å². The van der Waals surface area contributed by atoms with Crippen LogP contribution in [0.5, 0.6) is 0 Å². The molecule has 2 fully saturated rings. The summed E-state index contributed by atoms with van der Waals surface area (Å²) in [6.07, 6.45) is 3.55. The second-order valence-corrected chi connectivity index (χ2v) is 3.34. The van der Waals surface area contributed by atoms with E-state index in [1.807, 2.05) is 0 Å². The molecular weight excluding hydrogens is 140 g/mol. The molecule has 3 heteroatoms. The van der Waals surface area contributed by atoms with Gasteiger partial charge < -0.3 is 5.32 Å². The molecule has 0 radical (unpaired) electrons. The van der Waals surface area contributed by atoms with Gasteiger partial charge in [-0.05, 0) is 19.4 Å². The molecule has 2 aliphatic rings. The maximum atomic E-state index is 11.3. The van der Waals surface area contributed by atoms with Gasteiger partial charge in [-0.15, -0.1) is 0 Å². The van der Waals surface area contributed by atoms with Gasteiger partial charge in [0, 0.05) is 13.1 Å². The fourth-order valence-corrected chi connectivity index (χ4v) is 2.00. The number of amides is 1. The molecule has 1 atom stereocenters. The molecule has 0 aromatic rings. The Morgan fingerprint density at radius 1 is 1.36 bits per heavy atom. The van der Waals surface area contributed by atoms with Crippen molar-refractivity contribution in [2.75, 3.05) is 19.6 Å². The van der Waals surface area contributed by atoms with Gasteiger partial charge in [-0.25, -0.2) is 0 Å². The predicted molar refractivity (Wildman–Crippen MR) is 42.2 cm³/mol. The Morgan fingerprint density at radius 3 is 3.09 bits per heavy atom. The first-order valence-electron chi connectivity index (χ1n) is 4.40. The molecule has 0 spiro atoms. The first-order valence-corrected chi connectivity index (χ1v) is 4.40. The van der Waals surface area contributed by atoms with Crippen molar-refractivity contribution >= 4 is 5.91 Å². The van der Waals surface area contributed by atoms with Crippen molar-refractivity contribution in [1.82, 2.24) is 10.2 Å². The van der Waals surface area contributed by atoms with Gasteiger partial charge in [-0.3, -0.25) is 9.69 Å². The molecule has 62 valence electrons. The minimum absolute atomic E-state index is 0.206. The van der Waals surface area contributed by atoms with E-state index < -0.39 is 0 Å². The average Bonchev–Trinajstić information content (AvgIpc) is 2.06. The Balaban J connectivity index is 2.05. The molecule has 0 aliphatic carbocycles. The van der Waals surface area contributed by atoms with Crippen LogP contribution >= 0.6 is 0 Å². The van der Waals surface area contributed by atoms with Crippen LogP contribution in [-0.4, -0.2) is 36.5 Å². The van der Waals surface area contributed by atoms with Crippen LogP contribution in [0.15, 0.2) is 0 Å². The average molecular weight is 154 g/mol. The summed E-state index contributed by atoms with van der Waals surface area (Å²) < 4.78 is 0. The molecule has 2 saturated heterocycles. The van der Waals surface area contributed by atoms with Crippen molar-refractivity contribution < 1.29 is 4.79 Å². The molecule has 2 aliphatic heterocycles. The molecule has 1 N–H and O–H groups in total. The highest BCUT2D eigenvalue weighted by Gasteiger charge is 2.30. The van der Waals surface area contributed by atoms with Crippen molar-refractivity contribution in [3.8, 4) is 0 Å². The van der Waals surface area contributed by atoms with Gasteiger partial charge in [0.25, 0.3) is 0 Å². The third-order valence-corrected chi connectivity index (χ3v) is 2.61. The summed E-state index contributed by atoms with van der Waals surface area (Å²) in [5.41, 5.74) is 0. The molecule has 2 rings (SSSR count). The van der Waals surface area contributed by atoms with E-state index in [-0.39, 0.29) is 11.9 Å². The molecule has 2 heterocycles. The standard InChI is InChI=1S/C8H14N2O/c11-8-7-3-1-2-5-10(7)6-4-9-8/h7H,1-6H2,(H,9,11). The van der Waals surface area contributed by atoms with Crippen LogP contribution in [0.3, 0.4) is 0 Å². The topological polar surface area (TPSA) is 32.3 Å². The van der Waals surface area contributed by atoms with E-state index in [0.29, 0.717) is 0 Å². The number of piperazine rings is 1. The third kappa shape index (κ3) is 1.25. The summed E-state index contributed by atoms with van der Waals surface area (Å²) >= 11 is 0. The normalized spacial score (nSPS) is 32.7. The second kappa shape index (κ2) is 2.81. The first-order chi connectivity index (χ1) is 5.38. The van der Waals surface area contributed by atoms with E-state index in [1.54, 1.807) is 0 Å². The van der Waals surface area contributed by atoms with Gasteiger partial charge in [0.15, 0.2) is 0 Å². The Bertz CT molecular complexity index is 167. The summed E-state index contributed by atoms with van der Waals surface area (Å²) in [4.78, 5) is 13.6. The summed E-state index contributed by atoms with van der Waals surface area (Å²) in [6, 6.07) is 0.206. The second-order valence-electron chi connectivity index (χ2n) is 3.34. The number of nitrogens with one attached hydrogen (secondary N) is 1. The van der Waals surface area contributed by atoms with Crippen molar-refractivity contribution in [2.24, 2.45) is 0 Å². The molecule has 0 bridgehead atoms. The number of fused-ring (bicyclic) bond motifs is 1. The van der Waals surface area contributed by atoms with Crippen LogP contribution in [0.2, 0.25) is 0 Å².